The van der Waals surface area contributed by atoms with Crippen LogP contribution < -0.4 is 5.32 Å². The molecular weight excluding hydrogens is 370 g/mol. The Hall–Kier alpha value is -2.93. The van der Waals surface area contributed by atoms with Crippen LogP contribution in [0.4, 0.5) is 5.95 Å². The molecule has 0 amide bonds. The Morgan fingerprint density at radius 1 is 1.14 bits per heavy atom. The Morgan fingerprint density at radius 3 is 2.86 bits per heavy atom. The van der Waals surface area contributed by atoms with Gasteiger partial charge < -0.3 is 5.32 Å². The van der Waals surface area contributed by atoms with Gasteiger partial charge in [0.1, 0.15) is 6.04 Å². The molecule has 28 heavy (non-hydrogen) atoms. The van der Waals surface area contributed by atoms with E-state index >= 15 is 0 Å². The van der Waals surface area contributed by atoms with Crippen LogP contribution in [-0.4, -0.2) is 25.5 Å². The van der Waals surface area contributed by atoms with Crippen LogP contribution in [0.3, 0.4) is 0 Å². The number of rotatable bonds is 4. The van der Waals surface area contributed by atoms with Crippen molar-refractivity contribution in [2.24, 2.45) is 0 Å². The van der Waals surface area contributed by atoms with Gasteiger partial charge in [-0.25, -0.2) is 4.68 Å². The molecule has 3 aromatic rings. The topological polar surface area (TPSA) is 72.7 Å². The van der Waals surface area contributed by atoms with Gasteiger partial charge >= 0.3 is 0 Å². The van der Waals surface area contributed by atoms with Crippen molar-refractivity contribution in [3.8, 4) is 0 Å². The van der Waals surface area contributed by atoms with E-state index in [1.807, 2.05) is 41.2 Å². The zero-order chi connectivity index (χ0) is 18.9. The summed E-state index contributed by atoms with van der Waals surface area (Å²) in [6.45, 7) is 0. The van der Waals surface area contributed by atoms with Crippen molar-refractivity contribution in [2.75, 3.05) is 5.32 Å². The summed E-state index contributed by atoms with van der Waals surface area (Å²) >= 11 is 1.60. The van der Waals surface area contributed by atoms with Crippen molar-refractivity contribution >= 4 is 23.5 Å². The minimum Gasteiger partial charge on any atom is -0.328 e. The van der Waals surface area contributed by atoms with Gasteiger partial charge in [0, 0.05) is 35.8 Å². The molecule has 1 aliphatic carbocycles. The molecule has 5 rings (SSSR count). The number of Topliss-reactive ketones (excluding diaryl/α,β-unsaturated/α-hetero) is 1. The number of hydrogen-bond donors (Lipinski definition) is 1. The lowest BCUT2D eigenvalue weighted by Crippen LogP contribution is -2.31. The molecule has 1 atom stereocenters. The summed E-state index contributed by atoms with van der Waals surface area (Å²) in [4.78, 5) is 21.7. The molecule has 6 nitrogen and oxygen atoms in total. The van der Waals surface area contributed by atoms with E-state index in [-0.39, 0.29) is 11.8 Å². The molecule has 1 aliphatic heterocycles. The van der Waals surface area contributed by atoms with E-state index in [2.05, 4.69) is 22.4 Å². The summed E-state index contributed by atoms with van der Waals surface area (Å²) in [5, 5.41) is 8.80. The number of allylic oxidation sites excluding steroid dienone is 2. The molecule has 1 N–H and O–H groups in total. The highest BCUT2D eigenvalue weighted by molar-refractivity contribution is 7.98. The van der Waals surface area contributed by atoms with Crippen LogP contribution in [0.15, 0.2) is 71.3 Å². The predicted molar refractivity (Wildman–Crippen MR) is 108 cm³/mol. The SMILES string of the molecule is O=C1CCCC2=C1[C@@H](c1cccnc1)n1nc(SCc3ccccc3)nc1N2. The lowest BCUT2D eigenvalue weighted by molar-refractivity contribution is -0.116. The van der Waals surface area contributed by atoms with Crippen LogP contribution in [0.5, 0.6) is 0 Å². The number of nitrogens with one attached hydrogen (secondary N) is 1. The second-order valence-electron chi connectivity index (χ2n) is 6.92. The lowest BCUT2D eigenvalue weighted by Gasteiger charge is -2.31. The molecule has 3 heterocycles. The van der Waals surface area contributed by atoms with E-state index < -0.39 is 0 Å². The molecule has 0 saturated heterocycles. The van der Waals surface area contributed by atoms with Gasteiger partial charge in [0.2, 0.25) is 11.1 Å². The summed E-state index contributed by atoms with van der Waals surface area (Å²) in [7, 11) is 0. The van der Waals surface area contributed by atoms with Crippen molar-refractivity contribution in [1.29, 1.82) is 0 Å². The Morgan fingerprint density at radius 2 is 2.04 bits per heavy atom. The third-order valence-electron chi connectivity index (χ3n) is 5.06. The van der Waals surface area contributed by atoms with E-state index in [1.54, 1.807) is 18.0 Å². The van der Waals surface area contributed by atoms with Crippen molar-refractivity contribution in [1.82, 2.24) is 19.7 Å². The Labute approximate surface area is 167 Å². The molecule has 140 valence electrons. The summed E-state index contributed by atoms with van der Waals surface area (Å²) in [5.74, 6) is 1.67. The number of aromatic nitrogens is 4. The van der Waals surface area contributed by atoms with Gasteiger partial charge in [-0.15, -0.1) is 5.10 Å². The lowest BCUT2D eigenvalue weighted by atomic mass is 9.86. The predicted octanol–water partition coefficient (Wildman–Crippen LogP) is 3.99. The first-order valence-electron chi connectivity index (χ1n) is 9.36. The fourth-order valence-corrected chi connectivity index (χ4v) is 4.55. The average Bonchev–Trinajstić information content (AvgIpc) is 3.15. The van der Waals surface area contributed by atoms with Crippen molar-refractivity contribution in [3.05, 3.63) is 77.3 Å². The smallest absolute Gasteiger partial charge is 0.227 e. The number of carbonyl (C=O) groups is 1. The van der Waals surface area contributed by atoms with Crippen LogP contribution in [-0.2, 0) is 10.5 Å². The monoisotopic (exact) mass is 389 g/mol. The maximum atomic E-state index is 12.8. The van der Waals surface area contributed by atoms with Crippen LogP contribution in [0.25, 0.3) is 0 Å². The van der Waals surface area contributed by atoms with Gasteiger partial charge in [0.25, 0.3) is 0 Å². The summed E-state index contributed by atoms with van der Waals surface area (Å²) < 4.78 is 1.84. The molecule has 0 bridgehead atoms. The van der Waals surface area contributed by atoms with E-state index in [0.29, 0.717) is 17.5 Å². The minimum atomic E-state index is -0.272. The molecule has 7 heteroatoms. The third-order valence-corrected chi connectivity index (χ3v) is 5.97. The Balaban J connectivity index is 1.51. The molecule has 2 aromatic heterocycles. The number of benzene rings is 1. The number of hydrogen-bond acceptors (Lipinski definition) is 6. The molecular formula is C21H19N5OS. The second kappa shape index (κ2) is 7.24. The highest BCUT2D eigenvalue weighted by Gasteiger charge is 2.36. The van der Waals surface area contributed by atoms with Crippen LogP contribution in [0.1, 0.15) is 36.4 Å². The van der Waals surface area contributed by atoms with Gasteiger partial charge in [-0.05, 0) is 30.0 Å². The van der Waals surface area contributed by atoms with Crippen molar-refractivity contribution < 1.29 is 4.79 Å². The zero-order valence-corrected chi connectivity index (χ0v) is 16.0. The van der Waals surface area contributed by atoms with Crippen LogP contribution in [0, 0.1) is 0 Å². The summed E-state index contributed by atoms with van der Waals surface area (Å²) in [6, 6.07) is 13.9. The van der Waals surface area contributed by atoms with E-state index in [1.165, 1.54) is 5.56 Å². The number of ketones is 1. The maximum Gasteiger partial charge on any atom is 0.227 e. The summed E-state index contributed by atoms with van der Waals surface area (Å²) in [5.41, 5.74) is 3.96. The maximum absolute atomic E-state index is 12.8. The number of pyridine rings is 1. The first kappa shape index (κ1) is 17.2. The van der Waals surface area contributed by atoms with E-state index in [4.69, 9.17) is 10.1 Å². The second-order valence-corrected chi connectivity index (χ2v) is 7.86. The Bertz CT molecular complexity index is 1050. The van der Waals surface area contributed by atoms with E-state index in [0.717, 1.165) is 35.4 Å². The number of thioether (sulfide) groups is 1. The third kappa shape index (κ3) is 3.11. The first-order valence-corrected chi connectivity index (χ1v) is 10.3. The molecule has 2 aliphatic rings. The average molecular weight is 389 g/mol. The molecule has 0 unspecified atom stereocenters. The fraction of sp³-hybridized carbons (Fsp3) is 0.238. The number of carbonyl (C=O) groups excluding carboxylic acids is 1. The number of anilines is 1. The van der Waals surface area contributed by atoms with Gasteiger partial charge in [-0.2, -0.15) is 4.98 Å². The quantitative estimate of drug-likeness (QED) is 0.680. The molecule has 0 spiro atoms. The van der Waals surface area contributed by atoms with Crippen LogP contribution >= 0.6 is 11.8 Å². The molecule has 0 radical (unpaired) electrons. The van der Waals surface area contributed by atoms with Crippen molar-refractivity contribution in [2.45, 2.75) is 36.2 Å². The fourth-order valence-electron chi connectivity index (χ4n) is 3.77. The van der Waals surface area contributed by atoms with Gasteiger partial charge in [-0.1, -0.05) is 48.2 Å². The van der Waals surface area contributed by atoms with Crippen LogP contribution in [0.2, 0.25) is 0 Å². The molecule has 0 saturated carbocycles. The molecule has 0 fully saturated rings. The normalized spacial score (nSPS) is 18.4. The highest BCUT2D eigenvalue weighted by atomic mass is 32.2. The minimum absolute atomic E-state index is 0.183. The molecule has 1 aromatic carbocycles. The number of fused-ring (bicyclic) bond motifs is 1. The largest absolute Gasteiger partial charge is 0.328 e. The Kier molecular flexibility index (Phi) is 4.44. The standard InChI is InChI=1S/C21H19N5OS/c27-17-10-4-9-16-18(17)19(15-8-5-11-22-12-15)26-20(23-16)24-21(25-26)28-13-14-6-2-1-3-7-14/h1-3,5-8,11-12,19H,4,9-10,13H2,(H,23,24,25)/t19-/m1/s1. The van der Waals surface area contributed by atoms with E-state index in [9.17, 15) is 4.79 Å². The van der Waals surface area contributed by atoms with Gasteiger partial charge in [0.15, 0.2) is 5.78 Å². The first-order chi connectivity index (χ1) is 13.8. The number of nitrogens with zero attached hydrogens (tertiary/aromatic N) is 4. The van der Waals surface area contributed by atoms with Gasteiger partial charge in [-0.3, -0.25) is 9.78 Å². The van der Waals surface area contributed by atoms with Crippen molar-refractivity contribution in [3.63, 3.8) is 0 Å². The summed E-state index contributed by atoms with van der Waals surface area (Å²) in [6.07, 6.45) is 5.86. The van der Waals surface area contributed by atoms with Gasteiger partial charge in [0.05, 0.1) is 0 Å². The highest BCUT2D eigenvalue weighted by Crippen LogP contribution is 2.40. The zero-order valence-electron chi connectivity index (χ0n) is 15.2.